The summed E-state index contributed by atoms with van der Waals surface area (Å²) in [6.45, 7) is 7.94. The van der Waals surface area contributed by atoms with E-state index < -0.39 is 11.5 Å². The lowest BCUT2D eigenvalue weighted by Crippen LogP contribution is -2.33. The zero-order valence-electron chi connectivity index (χ0n) is 21.3. The molecule has 0 amide bonds. The molecule has 0 aliphatic carbocycles. The number of ether oxygens (including phenoxy) is 4. The Bertz CT molecular complexity index is 816. The molecule has 36 heavy (non-hydrogen) atoms. The maximum absolute atomic E-state index is 11.3. The molecule has 2 aliphatic rings. The fourth-order valence-electron chi connectivity index (χ4n) is 3.53. The van der Waals surface area contributed by atoms with Crippen LogP contribution in [-0.4, -0.2) is 116 Å². The molecule has 2 heterocycles. The van der Waals surface area contributed by atoms with Crippen molar-refractivity contribution in [2.75, 3.05) is 78.7 Å². The van der Waals surface area contributed by atoms with Gasteiger partial charge < -0.3 is 39.2 Å². The van der Waals surface area contributed by atoms with Gasteiger partial charge in [-0.3, -0.25) is 4.99 Å². The number of aliphatic carboxylic acids is 1. The molecule has 1 aromatic carbocycles. The number of phenols is 1. The number of hydrogen-bond donors (Lipinski definition) is 3. The number of aromatic hydroxyl groups is 1. The van der Waals surface area contributed by atoms with Crippen molar-refractivity contribution in [1.29, 1.82) is 0 Å². The Hall–Kier alpha value is -1.89. The zero-order chi connectivity index (χ0) is 26.2. The SMILES string of the molecule is COCCOCCOCCOc1ccc(C2=N[C@@](C)(C(=O)O)CS2)c(O)c1.OCCN1CCCCC1. The first-order chi connectivity index (χ1) is 17.4. The lowest BCUT2D eigenvalue weighted by atomic mass is 10.1. The molecule has 1 aromatic rings. The number of carboxylic acids is 1. The number of β-amino-alcohol motifs (C(OH)–C–C–N with tert-alkyl or cyclic N) is 1. The number of hydrogen-bond acceptors (Lipinski definition) is 10. The molecule has 2 aliphatic heterocycles. The Morgan fingerprint density at radius 3 is 2.33 bits per heavy atom. The summed E-state index contributed by atoms with van der Waals surface area (Å²) in [5, 5.41) is 28.6. The van der Waals surface area contributed by atoms with Gasteiger partial charge in [0.25, 0.3) is 0 Å². The van der Waals surface area contributed by atoms with Crippen molar-refractivity contribution in [2.45, 2.75) is 31.7 Å². The smallest absolute Gasteiger partial charge is 0.332 e. The van der Waals surface area contributed by atoms with Gasteiger partial charge in [-0.2, -0.15) is 0 Å². The van der Waals surface area contributed by atoms with Gasteiger partial charge in [-0.05, 0) is 45.0 Å². The van der Waals surface area contributed by atoms with Gasteiger partial charge in [0, 0.05) is 31.0 Å². The second-order valence-electron chi connectivity index (χ2n) is 8.66. The van der Waals surface area contributed by atoms with Gasteiger partial charge in [0.15, 0.2) is 5.54 Å². The highest BCUT2D eigenvalue weighted by molar-refractivity contribution is 8.14. The molecule has 0 unspecified atom stereocenters. The first-order valence-corrected chi connectivity index (χ1v) is 13.3. The van der Waals surface area contributed by atoms with E-state index in [0.717, 1.165) is 6.54 Å². The molecule has 10 nitrogen and oxygen atoms in total. The predicted octanol–water partition coefficient (Wildman–Crippen LogP) is 2.25. The van der Waals surface area contributed by atoms with Gasteiger partial charge in [-0.25, -0.2) is 4.79 Å². The van der Waals surface area contributed by atoms with Gasteiger partial charge in [-0.1, -0.05) is 6.42 Å². The minimum atomic E-state index is -1.16. The minimum Gasteiger partial charge on any atom is -0.507 e. The average Bonchev–Trinajstić information content (AvgIpc) is 3.27. The summed E-state index contributed by atoms with van der Waals surface area (Å²) in [5.41, 5.74) is -0.659. The Morgan fingerprint density at radius 1 is 1.08 bits per heavy atom. The van der Waals surface area contributed by atoms with Crippen molar-refractivity contribution in [3.05, 3.63) is 23.8 Å². The van der Waals surface area contributed by atoms with Gasteiger partial charge >= 0.3 is 5.97 Å². The van der Waals surface area contributed by atoms with Crippen molar-refractivity contribution in [1.82, 2.24) is 4.90 Å². The van der Waals surface area contributed by atoms with E-state index in [4.69, 9.17) is 24.1 Å². The van der Waals surface area contributed by atoms with Crippen molar-refractivity contribution in [3.8, 4) is 11.5 Å². The Balaban J connectivity index is 0.000000425. The van der Waals surface area contributed by atoms with Crippen molar-refractivity contribution in [2.24, 2.45) is 4.99 Å². The summed E-state index contributed by atoms with van der Waals surface area (Å²) in [4.78, 5) is 17.8. The standard InChI is InChI=1S/C18H25NO7S.C7H15NO/c1-18(17(21)22)12-27-16(19-18)14-4-3-13(11-15(14)20)26-10-9-25-8-7-24-6-5-23-2;9-7-6-8-4-2-1-3-5-8/h3-4,11,20H,5-10,12H2,1-2H3,(H,21,22);9H,1-7H2/t18-;/m1./s1. The normalized spacial score (nSPS) is 19.9. The summed E-state index contributed by atoms with van der Waals surface area (Å²) in [6.07, 6.45) is 4.02. The van der Waals surface area contributed by atoms with Crippen molar-refractivity contribution >= 4 is 22.8 Å². The largest absolute Gasteiger partial charge is 0.507 e. The van der Waals surface area contributed by atoms with Gasteiger partial charge in [-0.15, -0.1) is 11.8 Å². The molecule has 0 saturated carbocycles. The molecule has 0 bridgehead atoms. The van der Waals surface area contributed by atoms with Crippen LogP contribution in [0.3, 0.4) is 0 Å². The third-order valence-electron chi connectivity index (χ3n) is 5.66. The van der Waals surface area contributed by atoms with E-state index in [0.29, 0.717) is 68.4 Å². The van der Waals surface area contributed by atoms with Gasteiger partial charge in [0.1, 0.15) is 23.1 Å². The first-order valence-electron chi connectivity index (χ1n) is 12.3. The summed E-state index contributed by atoms with van der Waals surface area (Å²) in [6, 6.07) is 4.87. The third-order valence-corrected chi connectivity index (χ3v) is 6.95. The second-order valence-corrected chi connectivity index (χ2v) is 9.62. The van der Waals surface area contributed by atoms with E-state index in [1.165, 1.54) is 50.2 Å². The number of aliphatic imine (C=N–C) groups is 1. The number of phenolic OH excluding ortho intramolecular Hbond substituents is 1. The molecule has 1 saturated heterocycles. The maximum Gasteiger partial charge on any atom is 0.332 e. The highest BCUT2D eigenvalue weighted by atomic mass is 32.2. The van der Waals surface area contributed by atoms with E-state index in [9.17, 15) is 15.0 Å². The van der Waals surface area contributed by atoms with Crippen LogP contribution in [0.1, 0.15) is 31.7 Å². The van der Waals surface area contributed by atoms with E-state index in [1.807, 2.05) is 0 Å². The van der Waals surface area contributed by atoms with E-state index >= 15 is 0 Å². The van der Waals surface area contributed by atoms with E-state index in [-0.39, 0.29) is 5.75 Å². The van der Waals surface area contributed by atoms with Gasteiger partial charge in [0.2, 0.25) is 0 Å². The highest BCUT2D eigenvalue weighted by Crippen LogP contribution is 2.35. The number of piperidine rings is 1. The first kappa shape index (κ1) is 30.3. The Labute approximate surface area is 217 Å². The molecule has 204 valence electrons. The maximum atomic E-state index is 11.3. The molecule has 1 atom stereocenters. The highest BCUT2D eigenvalue weighted by Gasteiger charge is 2.39. The van der Waals surface area contributed by atoms with E-state index in [2.05, 4.69) is 9.89 Å². The molecular formula is C25H40N2O8S. The van der Waals surface area contributed by atoms with Crippen LogP contribution in [0.15, 0.2) is 23.2 Å². The Kier molecular flexibility index (Phi) is 14.1. The summed E-state index contributed by atoms with van der Waals surface area (Å²) in [5.74, 6) is -0.141. The predicted molar refractivity (Wildman–Crippen MR) is 140 cm³/mol. The Morgan fingerprint density at radius 2 is 1.75 bits per heavy atom. The molecule has 0 radical (unpaired) electrons. The third kappa shape index (κ3) is 10.6. The number of methoxy groups -OCH3 is 1. The number of carbonyl (C=O) groups is 1. The van der Waals surface area contributed by atoms with Crippen LogP contribution >= 0.6 is 11.8 Å². The lowest BCUT2D eigenvalue weighted by molar-refractivity contribution is -0.141. The van der Waals surface area contributed by atoms with Crippen LogP contribution in [0.25, 0.3) is 0 Å². The monoisotopic (exact) mass is 528 g/mol. The number of likely N-dealkylation sites (tertiary alicyclic amines) is 1. The molecule has 11 heteroatoms. The van der Waals surface area contributed by atoms with Crippen LogP contribution in [0.2, 0.25) is 0 Å². The molecule has 3 rings (SSSR count). The van der Waals surface area contributed by atoms with Crippen LogP contribution in [0.4, 0.5) is 0 Å². The summed E-state index contributed by atoms with van der Waals surface area (Å²) < 4.78 is 21.1. The van der Waals surface area contributed by atoms with Crippen LogP contribution in [-0.2, 0) is 19.0 Å². The molecule has 1 fully saturated rings. The van der Waals surface area contributed by atoms with Crippen LogP contribution in [0.5, 0.6) is 11.5 Å². The van der Waals surface area contributed by atoms with Crippen LogP contribution in [0, 0.1) is 0 Å². The number of rotatable bonds is 14. The van der Waals surface area contributed by atoms with Crippen LogP contribution < -0.4 is 4.74 Å². The number of nitrogens with zero attached hydrogens (tertiary/aromatic N) is 2. The molecule has 0 aromatic heterocycles. The fourth-order valence-corrected chi connectivity index (χ4v) is 4.73. The molecule has 0 spiro atoms. The van der Waals surface area contributed by atoms with Gasteiger partial charge in [0.05, 0.1) is 39.6 Å². The number of aliphatic hydroxyl groups excluding tert-OH is 1. The number of benzene rings is 1. The summed E-state index contributed by atoms with van der Waals surface area (Å²) in [7, 11) is 1.62. The minimum absolute atomic E-state index is 0.000787. The molecular weight excluding hydrogens is 488 g/mol. The average molecular weight is 529 g/mol. The van der Waals surface area contributed by atoms with Crippen molar-refractivity contribution in [3.63, 3.8) is 0 Å². The van der Waals surface area contributed by atoms with E-state index in [1.54, 1.807) is 26.2 Å². The second kappa shape index (κ2) is 16.8. The quantitative estimate of drug-likeness (QED) is 0.309. The lowest BCUT2D eigenvalue weighted by Gasteiger charge is -2.25. The molecule has 3 N–H and O–H groups in total. The number of thioether (sulfide) groups is 1. The number of aliphatic hydroxyl groups is 1. The summed E-state index contributed by atoms with van der Waals surface area (Å²) >= 11 is 1.31. The number of carboxylic acid groups (broad SMARTS) is 1. The zero-order valence-corrected chi connectivity index (χ0v) is 22.1. The van der Waals surface area contributed by atoms with Crippen molar-refractivity contribution < 1.29 is 39.1 Å². The fraction of sp³-hybridized carbons (Fsp3) is 0.680. The topological polar surface area (TPSA) is 130 Å².